The van der Waals surface area contributed by atoms with Gasteiger partial charge in [-0.1, -0.05) is 47.5 Å². The fourth-order valence-electron chi connectivity index (χ4n) is 2.21. The van der Waals surface area contributed by atoms with E-state index in [9.17, 15) is 0 Å². The van der Waals surface area contributed by atoms with Crippen molar-refractivity contribution in [2.45, 2.75) is 13.2 Å². The number of hydrogen-bond acceptors (Lipinski definition) is 1. The number of rotatable bonds is 0. The maximum absolute atomic E-state index is 6.30. The minimum absolute atomic E-state index is 0.570. The van der Waals surface area contributed by atoms with Crippen LogP contribution >= 0.6 is 23.2 Å². The average molecular weight is 265 g/mol. The predicted octanol–water partition coefficient (Wildman–Crippen LogP) is 4.69. The summed E-state index contributed by atoms with van der Waals surface area (Å²) in [4.78, 5) is 0. The molecule has 0 amide bonds. The van der Waals surface area contributed by atoms with E-state index in [1.165, 1.54) is 0 Å². The quantitative estimate of drug-likeness (QED) is 0.671. The lowest BCUT2D eigenvalue weighted by atomic mass is 9.96. The van der Waals surface area contributed by atoms with Crippen LogP contribution in [0.4, 0.5) is 0 Å². The Hall–Kier alpha value is -1.02. The third-order valence-corrected chi connectivity index (χ3v) is 3.59. The van der Waals surface area contributed by atoms with Crippen LogP contribution in [0.2, 0.25) is 10.0 Å². The molecule has 0 fully saturated rings. The van der Waals surface area contributed by atoms with Gasteiger partial charge in [0.05, 0.1) is 13.2 Å². The van der Waals surface area contributed by atoms with Crippen LogP contribution < -0.4 is 0 Å². The summed E-state index contributed by atoms with van der Waals surface area (Å²) >= 11 is 12.6. The first-order chi connectivity index (χ1) is 8.27. The lowest BCUT2D eigenvalue weighted by Crippen LogP contribution is -1.90. The maximum Gasteiger partial charge on any atom is 0.0728 e. The minimum Gasteiger partial charge on any atom is -0.372 e. The fourth-order valence-corrected chi connectivity index (χ4v) is 2.79. The van der Waals surface area contributed by atoms with Crippen molar-refractivity contribution in [3.63, 3.8) is 0 Å². The van der Waals surface area contributed by atoms with E-state index in [2.05, 4.69) is 0 Å². The Morgan fingerprint density at radius 1 is 0.765 bits per heavy atom. The van der Waals surface area contributed by atoms with E-state index in [1.807, 2.05) is 36.4 Å². The third-order valence-electron chi connectivity index (χ3n) is 2.96. The van der Waals surface area contributed by atoms with Gasteiger partial charge in [-0.05, 0) is 23.3 Å². The largest absolute Gasteiger partial charge is 0.372 e. The summed E-state index contributed by atoms with van der Waals surface area (Å²) in [5.74, 6) is 0. The lowest BCUT2D eigenvalue weighted by Gasteiger charge is -2.11. The monoisotopic (exact) mass is 264 g/mol. The van der Waals surface area contributed by atoms with Crippen molar-refractivity contribution in [1.82, 2.24) is 0 Å². The second kappa shape index (κ2) is 4.34. The summed E-state index contributed by atoms with van der Waals surface area (Å²) in [6.45, 7) is 1.14. The molecule has 0 aromatic heterocycles. The van der Waals surface area contributed by atoms with Gasteiger partial charge in [0.1, 0.15) is 0 Å². The zero-order valence-corrected chi connectivity index (χ0v) is 10.6. The summed E-state index contributed by atoms with van der Waals surface area (Å²) in [6.07, 6.45) is 0. The van der Waals surface area contributed by atoms with E-state index in [0.717, 1.165) is 32.3 Å². The van der Waals surface area contributed by atoms with Crippen molar-refractivity contribution in [3.05, 3.63) is 57.6 Å². The molecule has 0 unspecified atom stereocenters. The van der Waals surface area contributed by atoms with E-state index < -0.39 is 0 Å². The van der Waals surface area contributed by atoms with Crippen LogP contribution in [-0.4, -0.2) is 0 Å². The highest BCUT2D eigenvalue weighted by atomic mass is 35.5. The zero-order valence-electron chi connectivity index (χ0n) is 9.04. The number of hydrogen-bond donors (Lipinski definition) is 0. The van der Waals surface area contributed by atoms with Gasteiger partial charge >= 0.3 is 0 Å². The van der Waals surface area contributed by atoms with Crippen molar-refractivity contribution < 1.29 is 4.74 Å². The Morgan fingerprint density at radius 2 is 1.24 bits per heavy atom. The highest BCUT2D eigenvalue weighted by Crippen LogP contribution is 2.40. The molecule has 1 aliphatic heterocycles. The van der Waals surface area contributed by atoms with Crippen molar-refractivity contribution in [2.75, 3.05) is 0 Å². The second-order valence-corrected chi connectivity index (χ2v) is 4.86. The molecular weight excluding hydrogens is 255 g/mol. The third kappa shape index (κ3) is 1.85. The highest BCUT2D eigenvalue weighted by molar-refractivity contribution is 6.36. The Kier molecular flexibility index (Phi) is 2.83. The summed E-state index contributed by atoms with van der Waals surface area (Å²) in [7, 11) is 0. The van der Waals surface area contributed by atoms with Crippen LogP contribution in [0.3, 0.4) is 0 Å². The first kappa shape index (κ1) is 11.1. The SMILES string of the molecule is Clc1cccc2c1-c1c(Cl)cccc1COC2. The molecule has 0 saturated heterocycles. The maximum atomic E-state index is 6.30. The molecule has 0 bridgehead atoms. The molecule has 0 saturated carbocycles. The van der Waals surface area contributed by atoms with Gasteiger partial charge in [-0.15, -0.1) is 0 Å². The number of fused-ring (bicyclic) bond motifs is 3. The second-order valence-electron chi connectivity index (χ2n) is 4.04. The zero-order chi connectivity index (χ0) is 11.8. The van der Waals surface area contributed by atoms with Gasteiger partial charge in [-0.25, -0.2) is 0 Å². The van der Waals surface area contributed by atoms with Crippen molar-refractivity contribution in [3.8, 4) is 11.1 Å². The van der Waals surface area contributed by atoms with E-state index in [1.54, 1.807) is 0 Å². The molecular formula is C14H10Cl2O. The van der Waals surface area contributed by atoms with Crippen LogP contribution in [0.5, 0.6) is 0 Å². The first-order valence-electron chi connectivity index (χ1n) is 5.40. The molecule has 3 rings (SSSR count). The Balaban J connectivity index is 2.37. The highest BCUT2D eigenvalue weighted by Gasteiger charge is 2.19. The van der Waals surface area contributed by atoms with Gasteiger partial charge in [-0.2, -0.15) is 0 Å². The van der Waals surface area contributed by atoms with Crippen molar-refractivity contribution >= 4 is 23.2 Å². The molecule has 3 heteroatoms. The molecule has 0 spiro atoms. The van der Waals surface area contributed by atoms with E-state index in [4.69, 9.17) is 27.9 Å². The van der Waals surface area contributed by atoms with Gasteiger partial charge < -0.3 is 4.74 Å². The van der Waals surface area contributed by atoms with E-state index >= 15 is 0 Å². The van der Waals surface area contributed by atoms with Gasteiger partial charge in [0, 0.05) is 21.2 Å². The van der Waals surface area contributed by atoms with Crippen LogP contribution in [0, 0.1) is 0 Å². The summed E-state index contributed by atoms with van der Waals surface area (Å²) in [5, 5.41) is 1.45. The predicted molar refractivity (Wildman–Crippen MR) is 70.4 cm³/mol. The fraction of sp³-hybridized carbons (Fsp3) is 0.143. The smallest absolute Gasteiger partial charge is 0.0728 e. The Labute approximate surface area is 110 Å². The molecule has 1 heterocycles. The Morgan fingerprint density at radius 3 is 1.71 bits per heavy atom. The van der Waals surface area contributed by atoms with Crippen molar-refractivity contribution in [2.24, 2.45) is 0 Å². The van der Waals surface area contributed by atoms with Crippen LogP contribution in [-0.2, 0) is 18.0 Å². The average Bonchev–Trinajstić information content (AvgIpc) is 2.50. The summed E-state index contributed by atoms with van der Waals surface area (Å²) in [6, 6.07) is 11.7. The molecule has 1 nitrogen and oxygen atoms in total. The minimum atomic E-state index is 0.570. The lowest BCUT2D eigenvalue weighted by molar-refractivity contribution is 0.110. The van der Waals surface area contributed by atoms with E-state index in [-0.39, 0.29) is 0 Å². The molecule has 17 heavy (non-hydrogen) atoms. The molecule has 0 N–H and O–H groups in total. The molecule has 0 aliphatic carbocycles. The van der Waals surface area contributed by atoms with Gasteiger partial charge in [0.25, 0.3) is 0 Å². The topological polar surface area (TPSA) is 9.23 Å². The first-order valence-corrected chi connectivity index (χ1v) is 6.16. The van der Waals surface area contributed by atoms with E-state index in [0.29, 0.717) is 13.2 Å². The van der Waals surface area contributed by atoms with Gasteiger partial charge in [-0.3, -0.25) is 0 Å². The van der Waals surface area contributed by atoms with Crippen LogP contribution in [0.15, 0.2) is 36.4 Å². The molecule has 86 valence electrons. The standard InChI is InChI=1S/C14H10Cl2O/c15-11-5-1-3-9-7-17-8-10-4-2-6-12(16)14(10)13(9)11/h1-6H,7-8H2. The molecule has 2 aromatic carbocycles. The summed E-state index contributed by atoms with van der Waals surface area (Å²) in [5.41, 5.74) is 4.19. The summed E-state index contributed by atoms with van der Waals surface area (Å²) < 4.78 is 5.64. The molecule has 0 atom stereocenters. The van der Waals surface area contributed by atoms with Crippen LogP contribution in [0.25, 0.3) is 11.1 Å². The van der Waals surface area contributed by atoms with Crippen molar-refractivity contribution in [1.29, 1.82) is 0 Å². The Bertz CT molecular complexity index is 527. The van der Waals surface area contributed by atoms with Crippen LogP contribution in [0.1, 0.15) is 11.1 Å². The number of benzene rings is 2. The molecule has 0 radical (unpaired) electrons. The van der Waals surface area contributed by atoms with Gasteiger partial charge in [0.2, 0.25) is 0 Å². The number of halogens is 2. The number of ether oxygens (including phenoxy) is 1. The molecule has 2 aromatic rings. The van der Waals surface area contributed by atoms with Gasteiger partial charge in [0.15, 0.2) is 0 Å². The molecule has 1 aliphatic rings. The normalized spacial score (nSPS) is 13.8.